The van der Waals surface area contributed by atoms with E-state index in [0.29, 0.717) is 13.1 Å². The van der Waals surface area contributed by atoms with Gasteiger partial charge in [0.05, 0.1) is 12.2 Å². The Bertz CT molecular complexity index is 532. The van der Waals surface area contributed by atoms with E-state index >= 15 is 0 Å². The zero-order chi connectivity index (χ0) is 14.5. The molecular formula is C15H23N3O2. The van der Waals surface area contributed by atoms with Gasteiger partial charge < -0.3 is 5.32 Å². The van der Waals surface area contributed by atoms with Crippen molar-refractivity contribution in [1.82, 2.24) is 15.1 Å². The Morgan fingerprint density at radius 2 is 2.15 bits per heavy atom. The van der Waals surface area contributed by atoms with Gasteiger partial charge in [-0.05, 0) is 37.7 Å². The highest BCUT2D eigenvalue weighted by molar-refractivity contribution is 5.78. The Labute approximate surface area is 119 Å². The molecule has 110 valence electrons. The Morgan fingerprint density at radius 1 is 1.40 bits per heavy atom. The van der Waals surface area contributed by atoms with Crippen LogP contribution in [0, 0.1) is 5.92 Å². The Kier molecular flexibility index (Phi) is 4.93. The monoisotopic (exact) mass is 277 g/mol. The summed E-state index contributed by atoms with van der Waals surface area (Å²) in [5, 5.41) is 7.28. The largest absolute Gasteiger partial charge is 0.354 e. The van der Waals surface area contributed by atoms with E-state index in [0.717, 1.165) is 43.4 Å². The first-order chi connectivity index (χ1) is 9.65. The van der Waals surface area contributed by atoms with Crippen LogP contribution in [0.4, 0.5) is 0 Å². The fraction of sp³-hybridized carbons (Fsp3) is 0.667. The van der Waals surface area contributed by atoms with E-state index in [-0.39, 0.29) is 17.4 Å². The molecule has 1 aliphatic rings. The topological polar surface area (TPSA) is 64.0 Å². The molecule has 5 heteroatoms. The van der Waals surface area contributed by atoms with E-state index in [9.17, 15) is 9.59 Å². The molecule has 0 saturated heterocycles. The summed E-state index contributed by atoms with van der Waals surface area (Å²) in [4.78, 5) is 23.7. The van der Waals surface area contributed by atoms with Crippen molar-refractivity contribution < 1.29 is 4.79 Å². The molecule has 1 aliphatic carbocycles. The lowest BCUT2D eigenvalue weighted by atomic mass is 10.0. The maximum absolute atomic E-state index is 11.9. The van der Waals surface area contributed by atoms with Crippen molar-refractivity contribution in [3.8, 4) is 0 Å². The number of rotatable bonds is 6. The first-order valence-electron chi connectivity index (χ1n) is 7.53. The van der Waals surface area contributed by atoms with Crippen molar-refractivity contribution in [3.05, 3.63) is 27.7 Å². The lowest BCUT2D eigenvalue weighted by Crippen LogP contribution is -2.35. The first-order valence-corrected chi connectivity index (χ1v) is 7.53. The summed E-state index contributed by atoms with van der Waals surface area (Å²) in [5.74, 6) is 0.143. The molecular weight excluding hydrogens is 254 g/mol. The minimum atomic E-state index is -0.0672. The highest BCUT2D eigenvalue weighted by Crippen LogP contribution is 2.16. The number of nitrogens with one attached hydrogen (secondary N) is 1. The number of carbonyl (C=O) groups excluding carboxylic acids is 1. The van der Waals surface area contributed by atoms with Crippen LogP contribution in [-0.2, 0) is 24.2 Å². The fourth-order valence-corrected chi connectivity index (χ4v) is 2.69. The van der Waals surface area contributed by atoms with Crippen LogP contribution in [0.2, 0.25) is 0 Å². The Balaban J connectivity index is 1.92. The van der Waals surface area contributed by atoms with Gasteiger partial charge in [0.2, 0.25) is 5.91 Å². The molecule has 0 atom stereocenters. The van der Waals surface area contributed by atoms with Crippen LogP contribution in [0.15, 0.2) is 10.9 Å². The number of carbonyl (C=O) groups is 1. The smallest absolute Gasteiger partial charge is 0.267 e. The molecule has 0 radical (unpaired) electrons. The molecule has 0 unspecified atom stereocenters. The van der Waals surface area contributed by atoms with Crippen LogP contribution < -0.4 is 10.9 Å². The van der Waals surface area contributed by atoms with Crippen molar-refractivity contribution in [2.75, 3.05) is 6.54 Å². The average molecular weight is 277 g/mol. The summed E-state index contributed by atoms with van der Waals surface area (Å²) in [6.07, 6.45) is 4.69. The summed E-state index contributed by atoms with van der Waals surface area (Å²) in [5.41, 5.74) is 2.06. The van der Waals surface area contributed by atoms with Gasteiger partial charge in [-0.25, -0.2) is 4.68 Å². The van der Waals surface area contributed by atoms with Gasteiger partial charge in [0.1, 0.15) is 0 Å². The van der Waals surface area contributed by atoms with E-state index in [1.165, 1.54) is 4.68 Å². The lowest BCUT2D eigenvalue weighted by molar-refractivity contribution is -0.125. The number of aromatic nitrogens is 2. The molecule has 1 amide bonds. The molecule has 1 heterocycles. The molecule has 0 saturated carbocycles. The van der Waals surface area contributed by atoms with Gasteiger partial charge in [-0.1, -0.05) is 13.8 Å². The van der Waals surface area contributed by atoms with Crippen LogP contribution in [0.5, 0.6) is 0 Å². The maximum Gasteiger partial charge on any atom is 0.267 e. The second-order valence-electron chi connectivity index (χ2n) is 5.34. The number of hydrogen-bond acceptors (Lipinski definition) is 3. The number of hydrogen-bond donors (Lipinski definition) is 1. The first kappa shape index (κ1) is 14.8. The van der Waals surface area contributed by atoms with Gasteiger partial charge in [0.25, 0.3) is 5.56 Å². The van der Waals surface area contributed by atoms with Gasteiger partial charge >= 0.3 is 0 Å². The number of amides is 1. The SMILES string of the molecule is CCC(CC)C(=O)NCCn1nc2c(cc1=O)CCC2. The zero-order valence-corrected chi connectivity index (χ0v) is 12.3. The van der Waals surface area contributed by atoms with Gasteiger partial charge in [0.15, 0.2) is 0 Å². The quantitative estimate of drug-likeness (QED) is 0.852. The summed E-state index contributed by atoms with van der Waals surface area (Å²) in [6, 6.07) is 1.69. The summed E-state index contributed by atoms with van der Waals surface area (Å²) >= 11 is 0. The summed E-state index contributed by atoms with van der Waals surface area (Å²) < 4.78 is 1.47. The maximum atomic E-state index is 11.9. The predicted octanol–water partition coefficient (Wildman–Crippen LogP) is 1.28. The third kappa shape index (κ3) is 3.26. The van der Waals surface area contributed by atoms with Crippen LogP contribution >= 0.6 is 0 Å². The second kappa shape index (κ2) is 6.68. The van der Waals surface area contributed by atoms with Gasteiger partial charge in [-0.2, -0.15) is 5.10 Å². The number of fused-ring (bicyclic) bond motifs is 1. The molecule has 0 aliphatic heterocycles. The highest BCUT2D eigenvalue weighted by atomic mass is 16.2. The van der Waals surface area contributed by atoms with Gasteiger partial charge in [-0.15, -0.1) is 0 Å². The van der Waals surface area contributed by atoms with Gasteiger partial charge in [0, 0.05) is 18.5 Å². The molecule has 1 aromatic rings. The number of nitrogens with zero attached hydrogens (tertiary/aromatic N) is 2. The van der Waals surface area contributed by atoms with Crippen LogP contribution in [0.25, 0.3) is 0 Å². The van der Waals surface area contributed by atoms with Crippen LogP contribution in [0.3, 0.4) is 0 Å². The molecule has 0 bridgehead atoms. The van der Waals surface area contributed by atoms with E-state index < -0.39 is 0 Å². The fourth-order valence-electron chi connectivity index (χ4n) is 2.69. The standard InChI is InChI=1S/C15H23N3O2/c1-3-11(4-2)15(20)16-8-9-18-14(19)10-12-6-5-7-13(12)17-18/h10-11H,3-9H2,1-2H3,(H,16,20). The molecule has 0 aromatic carbocycles. The van der Waals surface area contributed by atoms with Crippen LogP contribution in [-0.4, -0.2) is 22.2 Å². The Morgan fingerprint density at radius 3 is 2.85 bits per heavy atom. The summed E-state index contributed by atoms with van der Waals surface area (Å²) in [7, 11) is 0. The average Bonchev–Trinajstić information content (AvgIpc) is 2.87. The van der Waals surface area contributed by atoms with E-state index in [4.69, 9.17) is 0 Å². The minimum absolute atomic E-state index is 0.0672. The van der Waals surface area contributed by atoms with Crippen molar-refractivity contribution in [3.63, 3.8) is 0 Å². The molecule has 0 spiro atoms. The lowest BCUT2D eigenvalue weighted by Gasteiger charge is -2.13. The molecule has 0 fully saturated rings. The number of aryl methyl sites for hydroxylation is 2. The van der Waals surface area contributed by atoms with Crippen molar-refractivity contribution in [1.29, 1.82) is 0 Å². The Hall–Kier alpha value is -1.65. The molecule has 1 aromatic heterocycles. The van der Waals surface area contributed by atoms with Crippen molar-refractivity contribution in [2.45, 2.75) is 52.5 Å². The minimum Gasteiger partial charge on any atom is -0.354 e. The van der Waals surface area contributed by atoms with Crippen molar-refractivity contribution in [2.24, 2.45) is 5.92 Å². The van der Waals surface area contributed by atoms with Gasteiger partial charge in [-0.3, -0.25) is 9.59 Å². The normalized spacial score (nSPS) is 13.6. The molecule has 5 nitrogen and oxygen atoms in total. The molecule has 2 rings (SSSR count). The van der Waals surface area contributed by atoms with E-state index in [2.05, 4.69) is 10.4 Å². The third-order valence-corrected chi connectivity index (χ3v) is 4.00. The molecule has 1 N–H and O–H groups in total. The zero-order valence-electron chi connectivity index (χ0n) is 12.3. The van der Waals surface area contributed by atoms with E-state index in [1.807, 2.05) is 13.8 Å². The third-order valence-electron chi connectivity index (χ3n) is 4.00. The van der Waals surface area contributed by atoms with Crippen LogP contribution in [0.1, 0.15) is 44.4 Å². The summed E-state index contributed by atoms with van der Waals surface area (Å²) in [6.45, 7) is 4.93. The van der Waals surface area contributed by atoms with E-state index in [1.54, 1.807) is 6.07 Å². The second-order valence-corrected chi connectivity index (χ2v) is 5.34. The molecule has 20 heavy (non-hydrogen) atoms. The van der Waals surface area contributed by atoms with Crippen molar-refractivity contribution >= 4 is 5.91 Å². The predicted molar refractivity (Wildman–Crippen MR) is 77.6 cm³/mol. The highest BCUT2D eigenvalue weighted by Gasteiger charge is 2.15.